The average molecular weight is 304 g/mol. The number of hydrogen-bond acceptors (Lipinski definition) is 2. The zero-order valence-electron chi connectivity index (χ0n) is 12.5. The fourth-order valence-corrected chi connectivity index (χ4v) is 2.10. The SMILES string of the molecule is CCCNC(C)CCCCn1cc(C(F)(F)F)ccc1=O. The molecule has 0 aliphatic rings. The van der Waals surface area contributed by atoms with Gasteiger partial charge in [-0.3, -0.25) is 4.79 Å². The van der Waals surface area contributed by atoms with Crippen LogP contribution in [0.15, 0.2) is 23.1 Å². The molecular formula is C15H23F3N2O. The summed E-state index contributed by atoms with van der Waals surface area (Å²) >= 11 is 0. The summed E-state index contributed by atoms with van der Waals surface area (Å²) in [6.07, 6.45) is 0.0900. The van der Waals surface area contributed by atoms with Crippen LogP contribution >= 0.6 is 0 Å². The quantitative estimate of drug-likeness (QED) is 0.747. The van der Waals surface area contributed by atoms with Gasteiger partial charge < -0.3 is 9.88 Å². The lowest BCUT2D eigenvalue weighted by Gasteiger charge is -2.13. The molecule has 1 unspecified atom stereocenters. The van der Waals surface area contributed by atoms with E-state index in [2.05, 4.69) is 19.2 Å². The van der Waals surface area contributed by atoms with Crippen LogP contribution in [0.5, 0.6) is 0 Å². The van der Waals surface area contributed by atoms with Gasteiger partial charge in [-0.05, 0) is 38.8 Å². The van der Waals surface area contributed by atoms with E-state index in [0.717, 1.165) is 48.7 Å². The molecule has 6 heteroatoms. The number of rotatable bonds is 8. The van der Waals surface area contributed by atoms with Gasteiger partial charge in [0.15, 0.2) is 0 Å². The number of aromatic nitrogens is 1. The number of halogens is 3. The second-order valence-electron chi connectivity index (χ2n) is 5.30. The smallest absolute Gasteiger partial charge is 0.315 e. The molecule has 0 aromatic carbocycles. The van der Waals surface area contributed by atoms with Crippen molar-refractivity contribution in [3.63, 3.8) is 0 Å². The second kappa shape index (κ2) is 8.22. The summed E-state index contributed by atoms with van der Waals surface area (Å²) in [5.41, 5.74) is -1.17. The van der Waals surface area contributed by atoms with E-state index in [9.17, 15) is 18.0 Å². The second-order valence-corrected chi connectivity index (χ2v) is 5.30. The maximum Gasteiger partial charge on any atom is 0.417 e. The molecule has 0 fully saturated rings. The summed E-state index contributed by atoms with van der Waals surface area (Å²) < 4.78 is 38.9. The van der Waals surface area contributed by atoms with E-state index in [-0.39, 0.29) is 5.56 Å². The Bertz CT molecular complexity index is 483. The van der Waals surface area contributed by atoms with Crippen molar-refractivity contribution in [2.75, 3.05) is 6.54 Å². The molecule has 1 atom stereocenters. The molecule has 0 aliphatic carbocycles. The number of hydrogen-bond donors (Lipinski definition) is 1. The number of alkyl halides is 3. The Morgan fingerprint density at radius 2 is 2.00 bits per heavy atom. The normalized spacial score (nSPS) is 13.4. The fourth-order valence-electron chi connectivity index (χ4n) is 2.10. The van der Waals surface area contributed by atoms with Gasteiger partial charge in [0.05, 0.1) is 5.56 Å². The van der Waals surface area contributed by atoms with Crippen molar-refractivity contribution in [1.29, 1.82) is 0 Å². The first-order chi connectivity index (χ1) is 9.84. The summed E-state index contributed by atoms with van der Waals surface area (Å²) in [4.78, 5) is 11.6. The highest BCUT2D eigenvalue weighted by atomic mass is 19.4. The summed E-state index contributed by atoms with van der Waals surface area (Å²) in [6, 6.07) is 2.20. The van der Waals surface area contributed by atoms with Crippen molar-refractivity contribution in [1.82, 2.24) is 9.88 Å². The first kappa shape index (κ1) is 17.8. The zero-order chi connectivity index (χ0) is 15.9. The van der Waals surface area contributed by atoms with Crippen LogP contribution in [0.4, 0.5) is 13.2 Å². The molecule has 1 N–H and O–H groups in total. The standard InChI is InChI=1S/C15H23F3N2O/c1-3-9-19-12(2)6-4-5-10-20-11-13(15(16,17)18)7-8-14(20)21/h7-8,11-12,19H,3-6,9-10H2,1-2H3. The van der Waals surface area contributed by atoms with Crippen LogP contribution in [-0.2, 0) is 12.7 Å². The number of aryl methyl sites for hydroxylation is 1. The Hall–Kier alpha value is -1.30. The maximum absolute atomic E-state index is 12.6. The summed E-state index contributed by atoms with van der Waals surface area (Å²) in [6.45, 7) is 5.48. The van der Waals surface area contributed by atoms with Gasteiger partial charge in [0.1, 0.15) is 0 Å². The minimum absolute atomic E-state index is 0.323. The highest BCUT2D eigenvalue weighted by molar-refractivity contribution is 5.13. The molecule has 0 radical (unpaired) electrons. The molecule has 0 saturated carbocycles. The molecule has 1 aromatic rings. The van der Waals surface area contributed by atoms with Gasteiger partial charge >= 0.3 is 6.18 Å². The van der Waals surface area contributed by atoms with Crippen molar-refractivity contribution in [3.05, 3.63) is 34.2 Å². The maximum atomic E-state index is 12.6. The van der Waals surface area contributed by atoms with Crippen LogP contribution in [0.2, 0.25) is 0 Å². The number of nitrogens with one attached hydrogen (secondary N) is 1. The molecule has 0 bridgehead atoms. The molecule has 1 rings (SSSR count). The van der Waals surface area contributed by atoms with Crippen molar-refractivity contribution < 1.29 is 13.2 Å². The highest BCUT2D eigenvalue weighted by Gasteiger charge is 2.30. The lowest BCUT2D eigenvalue weighted by Crippen LogP contribution is -2.26. The highest BCUT2D eigenvalue weighted by Crippen LogP contribution is 2.28. The van der Waals surface area contributed by atoms with Gasteiger partial charge in [-0.2, -0.15) is 13.2 Å². The molecule has 21 heavy (non-hydrogen) atoms. The predicted molar refractivity (Wildman–Crippen MR) is 77.3 cm³/mol. The van der Waals surface area contributed by atoms with Gasteiger partial charge in [-0.25, -0.2) is 0 Å². The van der Waals surface area contributed by atoms with Crippen LogP contribution in [0.25, 0.3) is 0 Å². The third-order valence-electron chi connectivity index (χ3n) is 3.34. The Balaban J connectivity index is 2.47. The summed E-state index contributed by atoms with van der Waals surface area (Å²) in [7, 11) is 0. The Morgan fingerprint density at radius 1 is 1.29 bits per heavy atom. The van der Waals surface area contributed by atoms with Gasteiger partial charge in [0.2, 0.25) is 0 Å². The third kappa shape index (κ3) is 6.33. The van der Waals surface area contributed by atoms with Crippen molar-refractivity contribution in [2.45, 2.75) is 58.3 Å². The molecule has 0 saturated heterocycles. The first-order valence-corrected chi connectivity index (χ1v) is 7.35. The molecule has 120 valence electrons. The van der Waals surface area contributed by atoms with E-state index < -0.39 is 11.7 Å². The Morgan fingerprint density at radius 3 is 2.62 bits per heavy atom. The average Bonchev–Trinajstić information content (AvgIpc) is 2.41. The van der Waals surface area contributed by atoms with E-state index >= 15 is 0 Å². The number of unbranched alkanes of at least 4 members (excludes halogenated alkanes) is 1. The van der Waals surface area contributed by atoms with Crippen LogP contribution in [0, 0.1) is 0 Å². The lowest BCUT2D eigenvalue weighted by atomic mass is 10.1. The van der Waals surface area contributed by atoms with E-state index in [4.69, 9.17) is 0 Å². The van der Waals surface area contributed by atoms with Gasteiger partial charge in [-0.1, -0.05) is 13.3 Å². The first-order valence-electron chi connectivity index (χ1n) is 7.35. The number of nitrogens with zero attached hydrogens (tertiary/aromatic N) is 1. The molecular weight excluding hydrogens is 281 g/mol. The predicted octanol–water partition coefficient (Wildman–Crippen LogP) is 3.43. The van der Waals surface area contributed by atoms with Crippen molar-refractivity contribution in [2.24, 2.45) is 0 Å². The van der Waals surface area contributed by atoms with Gasteiger partial charge in [-0.15, -0.1) is 0 Å². The minimum Gasteiger partial charge on any atom is -0.315 e. The van der Waals surface area contributed by atoms with Crippen LogP contribution in [-0.4, -0.2) is 17.2 Å². The van der Waals surface area contributed by atoms with Crippen molar-refractivity contribution >= 4 is 0 Å². The van der Waals surface area contributed by atoms with Crippen LogP contribution < -0.4 is 10.9 Å². The monoisotopic (exact) mass is 304 g/mol. The molecule has 0 aliphatic heterocycles. The van der Waals surface area contributed by atoms with E-state index in [1.54, 1.807) is 0 Å². The molecule has 0 spiro atoms. The Labute approximate surface area is 123 Å². The van der Waals surface area contributed by atoms with Gasteiger partial charge in [0.25, 0.3) is 5.56 Å². The van der Waals surface area contributed by atoms with Gasteiger partial charge in [0, 0.05) is 24.8 Å². The largest absolute Gasteiger partial charge is 0.417 e. The van der Waals surface area contributed by atoms with Crippen LogP contribution in [0.1, 0.15) is 45.1 Å². The Kier molecular flexibility index (Phi) is 6.95. The van der Waals surface area contributed by atoms with E-state index in [1.165, 1.54) is 0 Å². The fraction of sp³-hybridized carbons (Fsp3) is 0.667. The molecule has 0 amide bonds. The topological polar surface area (TPSA) is 34.0 Å². The van der Waals surface area contributed by atoms with E-state index in [1.807, 2.05) is 0 Å². The summed E-state index contributed by atoms with van der Waals surface area (Å²) in [5, 5.41) is 3.35. The van der Waals surface area contributed by atoms with E-state index in [0.29, 0.717) is 19.0 Å². The minimum atomic E-state index is -4.41. The number of pyridine rings is 1. The molecule has 3 nitrogen and oxygen atoms in total. The molecule has 1 aromatic heterocycles. The third-order valence-corrected chi connectivity index (χ3v) is 3.34. The van der Waals surface area contributed by atoms with Crippen LogP contribution in [0.3, 0.4) is 0 Å². The zero-order valence-corrected chi connectivity index (χ0v) is 12.5. The lowest BCUT2D eigenvalue weighted by molar-refractivity contribution is -0.138. The van der Waals surface area contributed by atoms with Crippen molar-refractivity contribution in [3.8, 4) is 0 Å². The molecule has 1 heterocycles. The summed E-state index contributed by atoms with van der Waals surface area (Å²) in [5.74, 6) is 0.